The van der Waals surface area contributed by atoms with Crippen molar-refractivity contribution in [1.29, 1.82) is 0 Å². The number of benzene rings is 1. The third kappa shape index (κ3) is 3.26. The molecule has 0 amide bonds. The largest absolute Gasteiger partial charge is 0.507 e. The van der Waals surface area contributed by atoms with E-state index >= 15 is 0 Å². The van der Waals surface area contributed by atoms with Crippen LogP contribution in [0.5, 0.6) is 5.75 Å². The Labute approximate surface area is 142 Å². The SMILES string of the molecule is O=c1oc(CC2CCCC2)cc(O)c1Cc1ccccc1C1CC1. The molecule has 3 heteroatoms. The first kappa shape index (κ1) is 15.5. The number of aromatic hydroxyl groups is 1. The van der Waals surface area contributed by atoms with Crippen LogP contribution in [0.3, 0.4) is 0 Å². The molecule has 1 N–H and O–H groups in total. The highest BCUT2D eigenvalue weighted by molar-refractivity contribution is 5.40. The number of hydrogen-bond acceptors (Lipinski definition) is 3. The standard InChI is InChI=1S/C21H24O3/c22-20-13-17(11-14-5-1-2-6-14)24-21(23)19(20)12-16-7-3-4-8-18(16)15-9-10-15/h3-4,7-8,13-15,22H,1-2,5-6,9-12H2. The summed E-state index contributed by atoms with van der Waals surface area (Å²) < 4.78 is 5.52. The van der Waals surface area contributed by atoms with E-state index in [-0.39, 0.29) is 11.4 Å². The van der Waals surface area contributed by atoms with Crippen molar-refractivity contribution >= 4 is 0 Å². The fourth-order valence-electron chi connectivity index (χ4n) is 3.99. The molecule has 0 aliphatic heterocycles. The van der Waals surface area contributed by atoms with Crippen LogP contribution in [0.15, 0.2) is 39.5 Å². The van der Waals surface area contributed by atoms with E-state index in [4.69, 9.17) is 4.42 Å². The van der Waals surface area contributed by atoms with Gasteiger partial charge in [-0.2, -0.15) is 0 Å². The molecule has 2 aromatic rings. The lowest BCUT2D eigenvalue weighted by molar-refractivity contribution is 0.389. The molecule has 4 rings (SSSR count). The smallest absolute Gasteiger partial charge is 0.343 e. The first-order chi connectivity index (χ1) is 11.7. The van der Waals surface area contributed by atoms with Crippen LogP contribution in [0.4, 0.5) is 0 Å². The Hall–Kier alpha value is -2.03. The van der Waals surface area contributed by atoms with Crippen LogP contribution in [0.2, 0.25) is 0 Å². The van der Waals surface area contributed by atoms with Crippen molar-refractivity contribution in [3.63, 3.8) is 0 Å². The summed E-state index contributed by atoms with van der Waals surface area (Å²) in [7, 11) is 0. The summed E-state index contributed by atoms with van der Waals surface area (Å²) in [6, 6.07) is 9.90. The van der Waals surface area contributed by atoms with Gasteiger partial charge in [0.25, 0.3) is 0 Å². The summed E-state index contributed by atoms with van der Waals surface area (Å²) in [5, 5.41) is 10.4. The van der Waals surface area contributed by atoms with Gasteiger partial charge in [0, 0.05) is 18.9 Å². The second-order valence-electron chi connectivity index (χ2n) is 7.37. The van der Waals surface area contributed by atoms with Gasteiger partial charge in [-0.25, -0.2) is 4.79 Å². The van der Waals surface area contributed by atoms with Crippen LogP contribution in [0.1, 0.15) is 66.9 Å². The molecule has 2 saturated carbocycles. The van der Waals surface area contributed by atoms with Gasteiger partial charge in [0.15, 0.2) is 0 Å². The zero-order chi connectivity index (χ0) is 16.5. The van der Waals surface area contributed by atoms with Crippen molar-refractivity contribution in [1.82, 2.24) is 0 Å². The van der Waals surface area contributed by atoms with Crippen molar-refractivity contribution in [2.24, 2.45) is 5.92 Å². The van der Waals surface area contributed by atoms with Crippen LogP contribution in [-0.4, -0.2) is 5.11 Å². The summed E-state index contributed by atoms with van der Waals surface area (Å²) >= 11 is 0. The molecule has 0 spiro atoms. The van der Waals surface area contributed by atoms with Crippen molar-refractivity contribution in [3.05, 3.63) is 63.2 Å². The highest BCUT2D eigenvalue weighted by atomic mass is 16.4. The zero-order valence-electron chi connectivity index (χ0n) is 14.0. The Morgan fingerprint density at radius 2 is 1.83 bits per heavy atom. The predicted molar refractivity (Wildman–Crippen MR) is 93.5 cm³/mol. The van der Waals surface area contributed by atoms with Crippen LogP contribution in [0.25, 0.3) is 0 Å². The maximum Gasteiger partial charge on any atom is 0.343 e. The monoisotopic (exact) mass is 324 g/mol. The van der Waals surface area contributed by atoms with Crippen LogP contribution < -0.4 is 5.63 Å². The van der Waals surface area contributed by atoms with Gasteiger partial charge < -0.3 is 9.52 Å². The topological polar surface area (TPSA) is 50.4 Å². The molecule has 24 heavy (non-hydrogen) atoms. The molecule has 1 aromatic carbocycles. The molecule has 126 valence electrons. The Morgan fingerprint density at radius 1 is 1.08 bits per heavy atom. The molecule has 0 radical (unpaired) electrons. The Bertz CT molecular complexity index is 780. The molecule has 0 atom stereocenters. The Kier molecular flexibility index (Phi) is 4.17. The third-order valence-corrected chi connectivity index (χ3v) is 5.48. The molecule has 2 aliphatic carbocycles. The molecule has 2 aliphatic rings. The third-order valence-electron chi connectivity index (χ3n) is 5.48. The first-order valence-electron chi connectivity index (χ1n) is 9.13. The Morgan fingerprint density at radius 3 is 2.54 bits per heavy atom. The van der Waals surface area contributed by atoms with E-state index in [9.17, 15) is 9.90 Å². The van der Waals surface area contributed by atoms with E-state index < -0.39 is 0 Å². The van der Waals surface area contributed by atoms with Gasteiger partial charge in [-0.1, -0.05) is 49.9 Å². The molecule has 2 fully saturated rings. The fraction of sp³-hybridized carbons (Fsp3) is 0.476. The quantitative estimate of drug-likeness (QED) is 0.878. The van der Waals surface area contributed by atoms with Gasteiger partial charge in [0.05, 0.1) is 5.56 Å². The van der Waals surface area contributed by atoms with Crippen molar-refractivity contribution < 1.29 is 9.52 Å². The molecular weight excluding hydrogens is 300 g/mol. The second kappa shape index (κ2) is 6.46. The second-order valence-corrected chi connectivity index (χ2v) is 7.37. The number of hydrogen-bond donors (Lipinski definition) is 1. The van der Waals surface area contributed by atoms with Crippen LogP contribution in [-0.2, 0) is 12.8 Å². The molecule has 1 heterocycles. The van der Waals surface area contributed by atoms with Gasteiger partial charge in [-0.05, 0) is 35.8 Å². The summed E-state index contributed by atoms with van der Waals surface area (Å²) in [6.45, 7) is 0. The molecular formula is C21H24O3. The van der Waals surface area contributed by atoms with Crippen LogP contribution >= 0.6 is 0 Å². The van der Waals surface area contributed by atoms with E-state index in [2.05, 4.69) is 12.1 Å². The summed E-state index contributed by atoms with van der Waals surface area (Å²) in [4.78, 5) is 12.4. The lowest BCUT2D eigenvalue weighted by Crippen LogP contribution is -2.12. The Balaban J connectivity index is 1.58. The maximum atomic E-state index is 12.4. The molecule has 1 aromatic heterocycles. The van der Waals surface area contributed by atoms with Gasteiger partial charge in [0.1, 0.15) is 11.5 Å². The van der Waals surface area contributed by atoms with E-state index in [1.807, 2.05) is 12.1 Å². The van der Waals surface area contributed by atoms with E-state index in [0.29, 0.717) is 29.6 Å². The summed E-state index contributed by atoms with van der Waals surface area (Å²) in [6.07, 6.45) is 8.57. The lowest BCUT2D eigenvalue weighted by Gasteiger charge is -2.11. The van der Waals surface area contributed by atoms with Crippen molar-refractivity contribution in [3.8, 4) is 5.75 Å². The molecule has 0 bridgehead atoms. The lowest BCUT2D eigenvalue weighted by atomic mass is 9.97. The average molecular weight is 324 g/mol. The minimum atomic E-state index is -0.381. The normalized spacial score (nSPS) is 18.2. The van der Waals surface area contributed by atoms with E-state index in [1.165, 1.54) is 44.1 Å². The van der Waals surface area contributed by atoms with Crippen LogP contribution in [0, 0.1) is 5.92 Å². The summed E-state index contributed by atoms with van der Waals surface area (Å²) in [5.41, 5.74) is 2.45. The molecule has 0 saturated heterocycles. The fourth-order valence-corrected chi connectivity index (χ4v) is 3.99. The van der Waals surface area contributed by atoms with Gasteiger partial charge >= 0.3 is 5.63 Å². The van der Waals surface area contributed by atoms with E-state index in [0.717, 1.165) is 12.0 Å². The highest BCUT2D eigenvalue weighted by Crippen LogP contribution is 2.42. The minimum Gasteiger partial charge on any atom is -0.507 e. The zero-order valence-corrected chi connectivity index (χ0v) is 14.0. The summed E-state index contributed by atoms with van der Waals surface area (Å²) in [5.74, 6) is 1.93. The van der Waals surface area contributed by atoms with Crippen molar-refractivity contribution in [2.45, 2.75) is 57.3 Å². The van der Waals surface area contributed by atoms with Crippen molar-refractivity contribution in [2.75, 3.05) is 0 Å². The predicted octanol–water partition coefficient (Wildman–Crippen LogP) is 4.55. The number of rotatable bonds is 5. The highest BCUT2D eigenvalue weighted by Gasteiger charge is 2.26. The first-order valence-corrected chi connectivity index (χ1v) is 9.13. The maximum absolute atomic E-state index is 12.4. The van der Waals surface area contributed by atoms with Gasteiger partial charge in [-0.3, -0.25) is 0 Å². The molecule has 3 nitrogen and oxygen atoms in total. The van der Waals surface area contributed by atoms with Gasteiger partial charge in [-0.15, -0.1) is 0 Å². The minimum absolute atomic E-state index is 0.0878. The van der Waals surface area contributed by atoms with Gasteiger partial charge in [0.2, 0.25) is 0 Å². The molecule has 0 unspecified atom stereocenters. The van der Waals surface area contributed by atoms with E-state index in [1.54, 1.807) is 6.07 Å². The average Bonchev–Trinajstić information content (AvgIpc) is 3.29.